The molecule has 0 unspecified atom stereocenters. The third kappa shape index (κ3) is 9.71. The van der Waals surface area contributed by atoms with Gasteiger partial charge in [-0.15, -0.1) is 0 Å². The van der Waals surface area contributed by atoms with Crippen molar-refractivity contribution >= 4 is 29.6 Å². The third-order valence-corrected chi connectivity index (χ3v) is 4.38. The fourth-order valence-electron chi connectivity index (χ4n) is 2.15. The second-order valence-electron chi connectivity index (χ2n) is 7.61. The Labute approximate surface area is 215 Å². The van der Waals surface area contributed by atoms with Gasteiger partial charge in [-0.05, 0) is 13.8 Å². The van der Waals surface area contributed by atoms with Gasteiger partial charge in [0.1, 0.15) is 24.5 Å². The summed E-state index contributed by atoms with van der Waals surface area (Å²) in [5.41, 5.74) is 21.2. The monoisotopic (exact) mass is 533 g/mol. The van der Waals surface area contributed by atoms with Crippen molar-refractivity contribution in [3.05, 3.63) is 55.2 Å². The number of hydrogen-bond donors (Lipinski definition) is 5. The van der Waals surface area contributed by atoms with Crippen LogP contribution in [-0.2, 0) is 21.1 Å². The second kappa shape index (κ2) is 13.7. The molecule has 4 rings (SSSR count). The SMILES string of the molecule is CN1CN=C(N)NC1=O.Cc1cn(C)c(=O)nc1N.Cc1nn(C)c(=O)nc1N.Cn1cnc(N)nc1=O. The summed E-state index contributed by atoms with van der Waals surface area (Å²) in [6.07, 6.45) is 2.98. The number of nitrogens with one attached hydrogen (secondary N) is 1. The van der Waals surface area contributed by atoms with Crippen LogP contribution in [0, 0.1) is 13.8 Å². The minimum atomic E-state index is -0.428. The average Bonchev–Trinajstić information content (AvgIpc) is 2.83. The highest BCUT2D eigenvalue weighted by Crippen LogP contribution is 1.99. The number of urea groups is 1. The molecule has 0 saturated heterocycles. The molecule has 0 radical (unpaired) electrons. The van der Waals surface area contributed by atoms with E-state index in [1.807, 2.05) is 6.92 Å². The smallest absolute Gasteiger partial charge is 0.365 e. The number of amides is 2. The summed E-state index contributed by atoms with van der Waals surface area (Å²) in [5, 5.41) is 6.13. The molecule has 0 aromatic carbocycles. The molecule has 19 heteroatoms. The van der Waals surface area contributed by atoms with Gasteiger partial charge in [-0.1, -0.05) is 0 Å². The molecule has 9 N–H and O–H groups in total. The Morgan fingerprint density at radius 2 is 1.39 bits per heavy atom. The third-order valence-electron chi connectivity index (χ3n) is 4.38. The van der Waals surface area contributed by atoms with E-state index in [1.54, 1.807) is 34.3 Å². The summed E-state index contributed by atoms with van der Waals surface area (Å²) in [7, 11) is 6.37. The maximum absolute atomic E-state index is 10.8. The van der Waals surface area contributed by atoms with Gasteiger partial charge in [0, 0.05) is 40.0 Å². The van der Waals surface area contributed by atoms with E-state index in [4.69, 9.17) is 22.9 Å². The normalized spacial score (nSPS) is 11.9. The van der Waals surface area contributed by atoms with E-state index >= 15 is 0 Å². The molecule has 1 aliphatic rings. The van der Waals surface area contributed by atoms with Gasteiger partial charge in [0.2, 0.25) is 5.95 Å². The number of aryl methyl sites for hydroxylation is 5. The summed E-state index contributed by atoms with van der Waals surface area (Å²) < 4.78 is 3.79. The highest BCUT2D eigenvalue weighted by atomic mass is 16.2. The van der Waals surface area contributed by atoms with E-state index in [-0.39, 0.29) is 35.1 Å². The van der Waals surface area contributed by atoms with Gasteiger partial charge < -0.3 is 32.4 Å². The zero-order valence-electron chi connectivity index (χ0n) is 21.8. The lowest BCUT2D eigenvalue weighted by Crippen LogP contribution is -2.48. The molecule has 1 aliphatic heterocycles. The summed E-state index contributed by atoms with van der Waals surface area (Å²) >= 11 is 0. The number of aromatic nitrogens is 8. The van der Waals surface area contributed by atoms with Crippen LogP contribution in [0.1, 0.15) is 11.3 Å². The maximum atomic E-state index is 10.8. The van der Waals surface area contributed by atoms with E-state index in [9.17, 15) is 19.2 Å². The van der Waals surface area contributed by atoms with Crippen LogP contribution in [0.5, 0.6) is 0 Å². The van der Waals surface area contributed by atoms with Gasteiger partial charge in [0.05, 0.1) is 0 Å². The van der Waals surface area contributed by atoms with Crippen molar-refractivity contribution in [1.29, 1.82) is 0 Å². The first-order valence-corrected chi connectivity index (χ1v) is 10.6. The van der Waals surface area contributed by atoms with E-state index in [0.29, 0.717) is 18.2 Å². The summed E-state index contributed by atoms with van der Waals surface area (Å²) in [6, 6.07) is -0.206. The van der Waals surface area contributed by atoms with E-state index in [1.165, 1.54) is 27.4 Å². The van der Waals surface area contributed by atoms with Gasteiger partial charge >= 0.3 is 23.1 Å². The molecule has 2 amide bonds. The molecule has 0 atom stereocenters. The Morgan fingerprint density at radius 3 is 1.87 bits per heavy atom. The minimum Gasteiger partial charge on any atom is -0.383 e. The average molecular weight is 534 g/mol. The molecular weight excluding hydrogens is 502 g/mol. The topological polar surface area (TPSA) is 279 Å². The second-order valence-corrected chi connectivity index (χ2v) is 7.61. The number of anilines is 3. The zero-order valence-corrected chi connectivity index (χ0v) is 21.8. The van der Waals surface area contributed by atoms with Gasteiger partial charge in [-0.25, -0.2) is 33.8 Å². The fraction of sp³-hybridized carbons (Fsp3) is 0.368. The van der Waals surface area contributed by atoms with Crippen molar-refractivity contribution in [1.82, 2.24) is 49.1 Å². The van der Waals surface area contributed by atoms with Crippen LogP contribution in [0.4, 0.5) is 22.4 Å². The largest absolute Gasteiger partial charge is 0.383 e. The van der Waals surface area contributed by atoms with E-state index in [2.05, 4.69) is 35.3 Å². The summed E-state index contributed by atoms with van der Waals surface area (Å²) in [6.45, 7) is 3.85. The molecule has 0 bridgehead atoms. The number of nitrogen functional groups attached to an aromatic ring is 3. The van der Waals surface area contributed by atoms with E-state index < -0.39 is 5.69 Å². The van der Waals surface area contributed by atoms with Gasteiger partial charge in [-0.2, -0.15) is 20.1 Å². The summed E-state index contributed by atoms with van der Waals surface area (Å²) in [5.74, 6) is 0.711. The molecular formula is C19H31N15O4. The molecule has 206 valence electrons. The van der Waals surface area contributed by atoms with Crippen molar-refractivity contribution in [3.63, 3.8) is 0 Å². The van der Waals surface area contributed by atoms with Crippen LogP contribution in [0.15, 0.2) is 31.9 Å². The number of guanidine groups is 1. The first kappa shape index (κ1) is 30.7. The predicted octanol–water partition coefficient (Wildman–Crippen LogP) is -3.59. The number of aliphatic imine (C=N–C) groups is 1. The van der Waals surface area contributed by atoms with Crippen LogP contribution in [0.25, 0.3) is 0 Å². The molecule has 0 spiro atoms. The highest BCUT2D eigenvalue weighted by Gasteiger charge is 2.12. The van der Waals surface area contributed by atoms with Gasteiger partial charge in [0.25, 0.3) is 0 Å². The maximum Gasteiger partial charge on any atom is 0.365 e. The predicted molar refractivity (Wildman–Crippen MR) is 140 cm³/mol. The molecule has 4 heterocycles. The Kier molecular flexibility index (Phi) is 11.0. The number of rotatable bonds is 0. The minimum absolute atomic E-state index is 0.0121. The van der Waals surface area contributed by atoms with Crippen LogP contribution >= 0.6 is 0 Å². The molecule has 0 aliphatic carbocycles. The van der Waals surface area contributed by atoms with Crippen molar-refractivity contribution in [2.75, 3.05) is 30.9 Å². The van der Waals surface area contributed by atoms with Crippen LogP contribution in [0.3, 0.4) is 0 Å². The molecule has 38 heavy (non-hydrogen) atoms. The number of carbonyl (C=O) groups is 1. The zero-order chi connectivity index (χ0) is 29.2. The molecule has 0 fully saturated rings. The van der Waals surface area contributed by atoms with Crippen LogP contribution in [-0.4, -0.2) is 69.5 Å². The Balaban J connectivity index is 0.000000254. The lowest BCUT2D eigenvalue weighted by Gasteiger charge is -2.19. The van der Waals surface area contributed by atoms with Gasteiger partial charge in [0.15, 0.2) is 11.8 Å². The van der Waals surface area contributed by atoms with E-state index in [0.717, 1.165) is 10.2 Å². The Bertz CT molecular complexity index is 1410. The fourth-order valence-corrected chi connectivity index (χ4v) is 2.15. The van der Waals surface area contributed by atoms with Gasteiger partial charge in [-0.3, -0.25) is 9.88 Å². The highest BCUT2D eigenvalue weighted by molar-refractivity contribution is 5.96. The van der Waals surface area contributed by atoms with Crippen LogP contribution in [0.2, 0.25) is 0 Å². The first-order valence-electron chi connectivity index (χ1n) is 10.6. The number of nitrogens with two attached hydrogens (primary N) is 4. The number of nitrogens with zero attached hydrogens (tertiary/aromatic N) is 10. The lowest BCUT2D eigenvalue weighted by molar-refractivity contribution is 0.212. The Morgan fingerprint density at radius 1 is 0.816 bits per heavy atom. The summed E-state index contributed by atoms with van der Waals surface area (Å²) in [4.78, 5) is 61.8. The molecule has 3 aromatic heterocycles. The van der Waals surface area contributed by atoms with Crippen LogP contribution < -0.4 is 45.3 Å². The standard InChI is InChI=1S/C6H9N3O.C5H8N4O.C4H8N4O.C4H6N4O/c1-4-3-9(2)6(10)8-5(4)7;1-3-4(6)7-5(10)9(2)8-3;2*1-8-2-6-3(5)7-4(8)9/h3H,1-2H3,(H2,7,8,10);1-2H3,(H2,6,7,10);2H2,1H3,(H3,5,6,7,9);2H,1H3,(H2,5,7,9). The molecule has 19 nitrogen and oxygen atoms in total. The van der Waals surface area contributed by atoms with Crippen molar-refractivity contribution in [2.45, 2.75) is 13.8 Å². The molecule has 3 aromatic rings. The number of carbonyl (C=O) groups excluding carboxylic acids is 1. The van der Waals surface area contributed by atoms with Crippen molar-refractivity contribution in [2.24, 2.45) is 31.9 Å². The molecule has 0 saturated carbocycles. The van der Waals surface area contributed by atoms with Crippen molar-refractivity contribution < 1.29 is 4.79 Å². The number of hydrogen-bond acceptors (Lipinski definition) is 14. The lowest BCUT2D eigenvalue weighted by atomic mass is 10.3. The quantitative estimate of drug-likeness (QED) is 0.187. The van der Waals surface area contributed by atoms with Crippen molar-refractivity contribution in [3.8, 4) is 0 Å². The Hall–Kier alpha value is -5.36. The first-order chi connectivity index (χ1) is 17.6.